The van der Waals surface area contributed by atoms with E-state index >= 15 is 0 Å². The van der Waals surface area contributed by atoms with Crippen molar-refractivity contribution in [3.63, 3.8) is 0 Å². The molecule has 0 radical (unpaired) electrons. The van der Waals surface area contributed by atoms with E-state index < -0.39 is 24.5 Å². The molecule has 3 heterocycles. The van der Waals surface area contributed by atoms with E-state index in [4.69, 9.17) is 4.74 Å². The average Bonchev–Trinajstić information content (AvgIpc) is 3.18. The average molecular weight is 349 g/mol. The first-order valence-electron chi connectivity index (χ1n) is 8.75. The van der Waals surface area contributed by atoms with Crippen molar-refractivity contribution >= 4 is 17.0 Å². The summed E-state index contributed by atoms with van der Waals surface area (Å²) in [6.45, 7) is -0.370. The molecule has 2 aromatic heterocycles. The van der Waals surface area contributed by atoms with Gasteiger partial charge >= 0.3 is 0 Å². The molecule has 2 fully saturated rings. The third kappa shape index (κ3) is 2.97. The van der Waals surface area contributed by atoms with Crippen LogP contribution < -0.4 is 5.32 Å². The summed E-state index contributed by atoms with van der Waals surface area (Å²) in [5.41, 5.74) is 1.12. The molecule has 2 aliphatic rings. The Bertz CT molecular complexity index is 732. The number of hydrogen-bond acceptors (Lipinski definition) is 8. The molecule has 4 rings (SSSR count). The van der Waals surface area contributed by atoms with Gasteiger partial charge in [0.2, 0.25) is 0 Å². The molecule has 4 atom stereocenters. The van der Waals surface area contributed by atoms with Crippen LogP contribution in [0.25, 0.3) is 11.2 Å². The monoisotopic (exact) mass is 349 g/mol. The van der Waals surface area contributed by atoms with Crippen LogP contribution in [0.4, 0.5) is 5.82 Å². The van der Waals surface area contributed by atoms with Crippen molar-refractivity contribution in [2.75, 3.05) is 11.9 Å². The summed E-state index contributed by atoms with van der Waals surface area (Å²) in [7, 11) is 0. The predicted octanol–water partition coefficient (Wildman–Crippen LogP) is 0.182. The number of hydrogen-bond donors (Lipinski definition) is 4. The second kappa shape index (κ2) is 6.83. The van der Waals surface area contributed by atoms with Gasteiger partial charge in [0, 0.05) is 6.04 Å². The lowest BCUT2D eigenvalue weighted by Crippen LogP contribution is -2.33. The third-order valence-electron chi connectivity index (χ3n) is 5.10. The van der Waals surface area contributed by atoms with E-state index in [2.05, 4.69) is 20.3 Å². The number of fused-ring (bicyclic) bond motifs is 1. The van der Waals surface area contributed by atoms with Crippen LogP contribution >= 0.6 is 0 Å². The normalized spacial score (nSPS) is 30.8. The Morgan fingerprint density at radius 3 is 2.64 bits per heavy atom. The number of imidazole rings is 1. The zero-order valence-electron chi connectivity index (χ0n) is 13.8. The first kappa shape index (κ1) is 16.6. The van der Waals surface area contributed by atoms with E-state index in [1.807, 2.05) is 0 Å². The minimum atomic E-state index is -1.17. The molecule has 1 saturated carbocycles. The molecule has 2 aromatic rings. The van der Waals surface area contributed by atoms with Crippen molar-refractivity contribution in [3.8, 4) is 0 Å². The molecule has 1 aliphatic carbocycles. The van der Waals surface area contributed by atoms with Gasteiger partial charge in [0.15, 0.2) is 23.2 Å². The maximum absolute atomic E-state index is 10.2. The van der Waals surface area contributed by atoms with Gasteiger partial charge in [-0.2, -0.15) is 0 Å². The molecule has 0 amide bonds. The summed E-state index contributed by atoms with van der Waals surface area (Å²) in [5, 5.41) is 32.9. The van der Waals surface area contributed by atoms with Crippen LogP contribution in [-0.4, -0.2) is 65.8 Å². The Labute approximate surface area is 144 Å². The smallest absolute Gasteiger partial charge is 0.167 e. The van der Waals surface area contributed by atoms with E-state index in [-0.39, 0.29) is 6.61 Å². The van der Waals surface area contributed by atoms with Gasteiger partial charge in [-0.05, 0) is 12.8 Å². The lowest BCUT2D eigenvalue weighted by Gasteiger charge is -2.23. The van der Waals surface area contributed by atoms with Crippen molar-refractivity contribution < 1.29 is 20.1 Å². The summed E-state index contributed by atoms with van der Waals surface area (Å²) < 4.78 is 7.15. The molecule has 1 saturated heterocycles. The summed E-state index contributed by atoms with van der Waals surface area (Å²) in [6, 6.07) is 0.380. The number of aromatic nitrogens is 4. The zero-order valence-corrected chi connectivity index (χ0v) is 13.8. The Morgan fingerprint density at radius 2 is 1.92 bits per heavy atom. The van der Waals surface area contributed by atoms with Crippen LogP contribution in [0.5, 0.6) is 0 Å². The largest absolute Gasteiger partial charge is 0.394 e. The number of nitrogens with zero attached hydrogens (tertiary/aromatic N) is 4. The molecular weight excluding hydrogens is 326 g/mol. The van der Waals surface area contributed by atoms with Gasteiger partial charge in [-0.3, -0.25) is 4.57 Å². The molecule has 1 aliphatic heterocycles. The number of anilines is 1. The highest BCUT2D eigenvalue weighted by atomic mass is 16.6. The number of rotatable bonds is 4. The quantitative estimate of drug-likeness (QED) is 0.616. The third-order valence-corrected chi connectivity index (χ3v) is 5.10. The highest BCUT2D eigenvalue weighted by molar-refractivity contribution is 5.82. The maximum atomic E-state index is 10.2. The SMILES string of the molecule is OC[C@@H]1O[C@H](n2cnc3c(NC4CCCCC4)ncnc32)[C@H](O)[C@@H]1O. The Balaban J connectivity index is 1.62. The molecular formula is C16H23N5O4. The van der Waals surface area contributed by atoms with Crippen molar-refractivity contribution in [3.05, 3.63) is 12.7 Å². The second-order valence-corrected chi connectivity index (χ2v) is 6.75. The van der Waals surface area contributed by atoms with Gasteiger partial charge in [0.1, 0.15) is 24.6 Å². The zero-order chi connectivity index (χ0) is 17.4. The first-order chi connectivity index (χ1) is 12.2. The molecule has 0 spiro atoms. The van der Waals surface area contributed by atoms with Gasteiger partial charge in [-0.1, -0.05) is 19.3 Å². The highest BCUT2D eigenvalue weighted by Crippen LogP contribution is 2.32. The van der Waals surface area contributed by atoms with Gasteiger partial charge in [0.25, 0.3) is 0 Å². The van der Waals surface area contributed by atoms with Crippen LogP contribution in [0, 0.1) is 0 Å². The van der Waals surface area contributed by atoms with Crippen molar-refractivity contribution in [1.82, 2.24) is 19.5 Å². The lowest BCUT2D eigenvalue weighted by atomic mass is 9.95. The summed E-state index contributed by atoms with van der Waals surface area (Å²) in [5.74, 6) is 0.669. The van der Waals surface area contributed by atoms with E-state index in [1.54, 1.807) is 4.57 Å². The molecule has 136 valence electrons. The highest BCUT2D eigenvalue weighted by Gasteiger charge is 2.44. The number of aliphatic hydroxyl groups excluding tert-OH is 3. The minimum absolute atomic E-state index is 0.370. The molecule has 0 aromatic carbocycles. The van der Waals surface area contributed by atoms with Gasteiger partial charge < -0.3 is 25.4 Å². The molecule has 9 heteroatoms. The first-order valence-corrected chi connectivity index (χ1v) is 8.75. The number of ether oxygens (including phenoxy) is 1. The predicted molar refractivity (Wildman–Crippen MR) is 88.8 cm³/mol. The van der Waals surface area contributed by atoms with Crippen molar-refractivity contribution in [1.29, 1.82) is 0 Å². The van der Waals surface area contributed by atoms with Crippen LogP contribution in [-0.2, 0) is 4.74 Å². The van der Waals surface area contributed by atoms with Crippen LogP contribution in [0.3, 0.4) is 0 Å². The lowest BCUT2D eigenvalue weighted by molar-refractivity contribution is -0.0511. The Hall–Kier alpha value is -1.81. The van der Waals surface area contributed by atoms with Crippen molar-refractivity contribution in [2.45, 2.75) is 62.7 Å². The molecule has 0 unspecified atom stereocenters. The van der Waals surface area contributed by atoms with Gasteiger partial charge in [-0.15, -0.1) is 0 Å². The molecule has 9 nitrogen and oxygen atoms in total. The molecule has 0 bridgehead atoms. The minimum Gasteiger partial charge on any atom is -0.394 e. The summed E-state index contributed by atoms with van der Waals surface area (Å²) in [4.78, 5) is 13.0. The topological polar surface area (TPSA) is 126 Å². The van der Waals surface area contributed by atoms with Crippen LogP contribution in [0.1, 0.15) is 38.3 Å². The van der Waals surface area contributed by atoms with Crippen LogP contribution in [0.2, 0.25) is 0 Å². The van der Waals surface area contributed by atoms with Gasteiger partial charge in [-0.25, -0.2) is 15.0 Å². The molecule has 25 heavy (non-hydrogen) atoms. The standard InChI is InChI=1S/C16H23N5O4/c22-6-10-12(23)13(24)16(25-10)21-8-19-11-14(17-7-18-15(11)21)20-9-4-2-1-3-5-9/h7-10,12-13,16,22-24H,1-6H2,(H,17,18,20)/t10-,12+,13+,16-/m0/s1. The van der Waals surface area contributed by atoms with E-state index in [0.717, 1.165) is 12.8 Å². The van der Waals surface area contributed by atoms with E-state index in [1.165, 1.54) is 31.9 Å². The summed E-state index contributed by atoms with van der Waals surface area (Å²) in [6.07, 6.45) is 4.88. The second-order valence-electron chi connectivity index (χ2n) is 6.75. The number of aliphatic hydroxyl groups is 3. The summed E-state index contributed by atoms with van der Waals surface area (Å²) >= 11 is 0. The van der Waals surface area contributed by atoms with Crippen LogP contribution in [0.15, 0.2) is 12.7 Å². The fourth-order valence-corrected chi connectivity index (χ4v) is 3.69. The maximum Gasteiger partial charge on any atom is 0.167 e. The molecule has 4 N–H and O–H groups in total. The van der Waals surface area contributed by atoms with Crippen molar-refractivity contribution in [2.24, 2.45) is 0 Å². The van der Waals surface area contributed by atoms with E-state index in [9.17, 15) is 15.3 Å². The van der Waals surface area contributed by atoms with E-state index in [0.29, 0.717) is 23.0 Å². The fraction of sp³-hybridized carbons (Fsp3) is 0.688. The fourth-order valence-electron chi connectivity index (χ4n) is 3.69. The Morgan fingerprint density at radius 1 is 1.12 bits per heavy atom. The Kier molecular flexibility index (Phi) is 4.55. The van der Waals surface area contributed by atoms with Gasteiger partial charge in [0.05, 0.1) is 12.9 Å². The number of nitrogens with one attached hydrogen (secondary N) is 1.